The molecule has 0 radical (unpaired) electrons. The van der Waals surface area contributed by atoms with Gasteiger partial charge >= 0.3 is 14.2 Å². The number of carbonyl (C=O) groups excluding carboxylic acids is 1. The maximum atomic E-state index is 10.9. The first-order chi connectivity index (χ1) is 6.91. The predicted octanol–water partition coefficient (Wildman–Crippen LogP) is 1.03. The van der Waals surface area contributed by atoms with Gasteiger partial charge in [-0.15, -0.1) is 9.17 Å². The lowest BCUT2D eigenvalue weighted by Gasteiger charge is -2.18. The van der Waals surface area contributed by atoms with Crippen LogP contribution >= 0.6 is 8.25 Å². The molecule has 0 fully saturated rings. The molecular weight excluding hydrogens is 221 g/mol. The summed E-state index contributed by atoms with van der Waals surface area (Å²) < 4.78 is 25.2. The van der Waals surface area contributed by atoms with Crippen LogP contribution < -0.4 is 0 Å². The average Bonchev–Trinajstić information content (AvgIpc) is 2.16. The van der Waals surface area contributed by atoms with Gasteiger partial charge in [-0.25, -0.2) is 4.79 Å². The molecule has 6 nitrogen and oxygen atoms in total. The molecule has 1 atom stereocenters. The lowest BCUT2D eigenvalue weighted by molar-refractivity contribution is -1.05. The molecule has 0 spiro atoms. The quantitative estimate of drug-likeness (QED) is 0.217. The van der Waals surface area contributed by atoms with E-state index in [-0.39, 0.29) is 11.3 Å². The van der Waals surface area contributed by atoms with Crippen molar-refractivity contribution in [2.75, 3.05) is 34.4 Å². The van der Waals surface area contributed by atoms with E-state index in [1.54, 1.807) is 14.1 Å². The van der Waals surface area contributed by atoms with Crippen molar-refractivity contribution in [3.8, 4) is 0 Å². The van der Waals surface area contributed by atoms with Crippen LogP contribution in [0.5, 0.6) is 0 Å². The molecule has 15 heavy (non-hydrogen) atoms. The maximum absolute atomic E-state index is 10.9. The van der Waals surface area contributed by atoms with Crippen molar-refractivity contribution in [2.45, 2.75) is 0 Å². The zero-order valence-corrected chi connectivity index (χ0v) is 10.0. The topological polar surface area (TPSA) is 61.8 Å². The van der Waals surface area contributed by atoms with E-state index in [1.165, 1.54) is 7.11 Å². The van der Waals surface area contributed by atoms with Gasteiger partial charge in [0.2, 0.25) is 0 Å². The Bertz CT molecular complexity index is 253. The van der Waals surface area contributed by atoms with Crippen LogP contribution in [0.2, 0.25) is 0 Å². The van der Waals surface area contributed by atoms with Crippen LogP contribution in [0, 0.1) is 0 Å². The van der Waals surface area contributed by atoms with E-state index >= 15 is 0 Å². The zero-order valence-electron chi connectivity index (χ0n) is 9.13. The largest absolute Gasteiger partial charge is 0.750 e. The van der Waals surface area contributed by atoms with Gasteiger partial charge in [-0.05, 0) is 0 Å². The fourth-order valence-corrected chi connectivity index (χ4v) is 1.19. The first-order valence-corrected chi connectivity index (χ1v) is 5.34. The molecule has 0 aliphatic rings. The van der Waals surface area contributed by atoms with Gasteiger partial charge in [-0.3, -0.25) is 0 Å². The molecule has 86 valence electrons. The summed E-state index contributed by atoms with van der Waals surface area (Å²) in [5.41, 5.74) is 0. The smallest absolute Gasteiger partial charge is 0.456 e. The van der Waals surface area contributed by atoms with Gasteiger partial charge in [0.25, 0.3) is 0 Å². The van der Waals surface area contributed by atoms with E-state index in [1.807, 2.05) is 0 Å². The normalized spacial score (nSPS) is 12.1. The van der Waals surface area contributed by atoms with Gasteiger partial charge in [0.1, 0.15) is 27.2 Å². The van der Waals surface area contributed by atoms with Crippen LogP contribution in [0.3, 0.4) is 0 Å². The number of esters is 1. The van der Waals surface area contributed by atoms with Crippen LogP contribution in [0.25, 0.3) is 0 Å². The summed E-state index contributed by atoms with van der Waals surface area (Å²) in [5.74, 6) is -0.494. The van der Waals surface area contributed by atoms with Gasteiger partial charge in [0, 0.05) is 10.6 Å². The summed E-state index contributed by atoms with van der Waals surface area (Å²) in [6, 6.07) is 0. The molecule has 0 bridgehead atoms. The van der Waals surface area contributed by atoms with Crippen LogP contribution in [0.4, 0.5) is 0 Å². The van der Waals surface area contributed by atoms with Gasteiger partial charge in [0.05, 0.1) is 11.7 Å². The highest BCUT2D eigenvalue weighted by molar-refractivity contribution is 7.33. The third-order valence-electron chi connectivity index (χ3n) is 1.48. The molecule has 0 saturated carbocycles. The van der Waals surface area contributed by atoms with Gasteiger partial charge in [-0.1, -0.05) is 6.58 Å². The van der Waals surface area contributed by atoms with Crippen molar-refractivity contribution in [3.63, 3.8) is 0 Å². The van der Waals surface area contributed by atoms with Crippen molar-refractivity contribution in [2.24, 2.45) is 0 Å². The Kier molecular flexibility index (Phi) is 6.27. The summed E-state index contributed by atoms with van der Waals surface area (Å²) in [6.07, 6.45) is 1.08. The highest BCUT2D eigenvalue weighted by Crippen LogP contribution is 2.26. The number of hydrogen-bond donors (Lipinski definition) is 0. The van der Waals surface area contributed by atoms with Crippen molar-refractivity contribution < 1.29 is 27.9 Å². The molecule has 0 aromatic heterocycles. The Morgan fingerprint density at radius 1 is 1.53 bits per heavy atom. The number of rotatable bonds is 7. The predicted molar refractivity (Wildman–Crippen MR) is 53.8 cm³/mol. The van der Waals surface area contributed by atoms with Gasteiger partial charge < -0.3 is 4.74 Å². The molecule has 0 saturated heterocycles. The highest BCUT2D eigenvalue weighted by Gasteiger charge is 2.33. The summed E-state index contributed by atoms with van der Waals surface area (Å²) in [5, 5.41) is 0. The Hall–Kier alpha value is -0.810. The van der Waals surface area contributed by atoms with Crippen molar-refractivity contribution in [1.29, 1.82) is 0 Å². The van der Waals surface area contributed by atoms with Crippen molar-refractivity contribution in [3.05, 3.63) is 12.7 Å². The average molecular weight is 237 g/mol. The van der Waals surface area contributed by atoms with Crippen LogP contribution in [-0.4, -0.2) is 45.0 Å². The first kappa shape index (κ1) is 14.2. The van der Waals surface area contributed by atoms with E-state index in [0.717, 1.165) is 6.08 Å². The second kappa shape index (κ2) is 6.63. The molecule has 0 aromatic rings. The third-order valence-corrected chi connectivity index (χ3v) is 2.35. The number of nitrogens with zero attached hydrogens (tertiary/aromatic N) is 1. The lowest BCUT2D eigenvalue weighted by atomic mass is 10.6. The third kappa shape index (κ3) is 7.16. The molecule has 0 aromatic carbocycles. The van der Waals surface area contributed by atoms with Gasteiger partial charge in [-0.2, -0.15) is 0 Å². The first-order valence-electron chi connectivity index (χ1n) is 4.24. The molecule has 0 amide bonds. The summed E-state index contributed by atoms with van der Waals surface area (Å²) in [7, 11) is 2.50. The Balaban J connectivity index is 3.88. The van der Waals surface area contributed by atoms with Crippen LogP contribution in [0.15, 0.2) is 12.7 Å². The minimum absolute atomic E-state index is 0.0204. The van der Waals surface area contributed by atoms with Crippen LogP contribution in [-0.2, 0) is 23.2 Å². The second-order valence-electron chi connectivity index (χ2n) is 3.16. The molecule has 0 rings (SSSR count). The minimum atomic E-state index is -2.14. The number of likely N-dealkylation sites (N-methyl/N-ethyl adjacent to an activating group) is 1. The number of hydrogen-bond acceptors (Lipinski definition) is 5. The molecular formula is C8H16NO5P+2. The number of quaternary nitrogens is 1. The highest BCUT2D eigenvalue weighted by atomic mass is 31.1. The Morgan fingerprint density at radius 2 is 2.13 bits per heavy atom. The standard InChI is InChI=1S/C8H16NO5P/c1-5-8(10)13-7-6-9(2,3)14-15(11)12-4/h5H,1,6-7H2,2-4H3/q+2. The monoisotopic (exact) mass is 237 g/mol. The molecule has 0 aliphatic carbocycles. The van der Waals surface area contributed by atoms with E-state index in [4.69, 9.17) is 9.36 Å². The fraction of sp³-hybridized carbons (Fsp3) is 0.625. The maximum Gasteiger partial charge on any atom is 0.750 e. The van der Waals surface area contributed by atoms with E-state index < -0.39 is 14.2 Å². The SMILES string of the molecule is C=CC(=O)OCC[N+](C)(C)O[P+](=O)OC. The van der Waals surface area contributed by atoms with Gasteiger partial charge in [0.15, 0.2) is 0 Å². The zero-order chi connectivity index (χ0) is 11.9. The number of ether oxygens (including phenoxy) is 1. The molecule has 7 heteroatoms. The molecule has 0 heterocycles. The fourth-order valence-electron chi connectivity index (χ4n) is 0.680. The summed E-state index contributed by atoms with van der Waals surface area (Å²) in [6.45, 7) is 3.78. The van der Waals surface area contributed by atoms with Crippen LogP contribution in [0.1, 0.15) is 0 Å². The van der Waals surface area contributed by atoms with Crippen molar-refractivity contribution in [1.82, 2.24) is 0 Å². The van der Waals surface area contributed by atoms with E-state index in [2.05, 4.69) is 11.1 Å². The summed E-state index contributed by atoms with van der Waals surface area (Å²) >= 11 is 0. The Morgan fingerprint density at radius 3 is 2.60 bits per heavy atom. The minimum Gasteiger partial charge on any atom is -0.456 e. The lowest BCUT2D eigenvalue weighted by Crippen LogP contribution is -2.40. The van der Waals surface area contributed by atoms with E-state index in [0.29, 0.717) is 6.54 Å². The van der Waals surface area contributed by atoms with E-state index in [9.17, 15) is 9.36 Å². The molecule has 0 aliphatic heterocycles. The Labute approximate surface area is 89.9 Å². The molecule has 0 N–H and O–H groups in total. The second-order valence-corrected chi connectivity index (χ2v) is 4.13. The summed E-state index contributed by atoms with van der Waals surface area (Å²) in [4.78, 5) is 10.7. The van der Waals surface area contributed by atoms with Crippen molar-refractivity contribution >= 4 is 14.2 Å². The molecule has 1 unspecified atom stereocenters. The number of carbonyl (C=O) groups is 1. The number of hydroxylamine groups is 3.